The monoisotopic (exact) mass is 283 g/mol. The fraction of sp³-hybridized carbons (Fsp3) is 0.529. The first-order valence-corrected chi connectivity index (χ1v) is 7.95. The highest BCUT2D eigenvalue weighted by molar-refractivity contribution is 5.38. The lowest BCUT2D eigenvalue weighted by molar-refractivity contribution is 0.331. The normalized spacial score (nSPS) is 28.0. The molecule has 0 radical (unpaired) electrons. The van der Waals surface area contributed by atoms with Gasteiger partial charge >= 0.3 is 0 Å². The molecule has 21 heavy (non-hydrogen) atoms. The van der Waals surface area contributed by atoms with Crippen LogP contribution < -0.4 is 5.32 Å². The van der Waals surface area contributed by atoms with Gasteiger partial charge < -0.3 is 9.84 Å². The summed E-state index contributed by atoms with van der Waals surface area (Å²) in [5, 5.41) is 7.68. The molecule has 1 aromatic carbocycles. The van der Waals surface area contributed by atoms with Gasteiger partial charge in [-0.2, -0.15) is 4.98 Å². The summed E-state index contributed by atoms with van der Waals surface area (Å²) in [5.41, 5.74) is 2.81. The standard InChI is InChI=1S/C17H21N3O/c1-18-15-8-4-7-14(15)17-19-16(20-21-17)13-10-9-11-5-2-3-6-12(11)13/h2-3,5-6,13-15,18H,4,7-10H2,1H3. The zero-order valence-electron chi connectivity index (χ0n) is 12.4. The third kappa shape index (κ3) is 2.18. The number of aryl methyl sites for hydroxylation is 1. The SMILES string of the molecule is CNC1CCCC1c1nc(C2CCc3ccccc32)no1. The van der Waals surface area contributed by atoms with Gasteiger partial charge in [0.05, 0.1) is 5.92 Å². The minimum atomic E-state index is 0.313. The maximum Gasteiger partial charge on any atom is 0.231 e. The highest BCUT2D eigenvalue weighted by atomic mass is 16.5. The molecule has 4 nitrogen and oxygen atoms in total. The highest BCUT2D eigenvalue weighted by Gasteiger charge is 2.34. The minimum Gasteiger partial charge on any atom is -0.339 e. The predicted octanol–water partition coefficient (Wildman–Crippen LogP) is 3.00. The van der Waals surface area contributed by atoms with Crippen molar-refractivity contribution < 1.29 is 4.52 Å². The fourth-order valence-electron chi connectivity index (χ4n) is 3.97. The molecule has 2 aliphatic rings. The van der Waals surface area contributed by atoms with Gasteiger partial charge in [-0.3, -0.25) is 0 Å². The second-order valence-corrected chi connectivity index (χ2v) is 6.21. The van der Waals surface area contributed by atoms with Crippen LogP contribution in [0.2, 0.25) is 0 Å². The lowest BCUT2D eigenvalue weighted by atomic mass is 10.0. The molecular weight excluding hydrogens is 262 g/mol. The van der Waals surface area contributed by atoms with E-state index in [2.05, 4.69) is 34.7 Å². The van der Waals surface area contributed by atoms with Crippen LogP contribution in [0.4, 0.5) is 0 Å². The Morgan fingerprint density at radius 2 is 2.10 bits per heavy atom. The molecule has 0 bridgehead atoms. The summed E-state index contributed by atoms with van der Waals surface area (Å²) < 4.78 is 5.61. The number of fused-ring (bicyclic) bond motifs is 1. The van der Waals surface area contributed by atoms with Crippen LogP contribution in [0, 0.1) is 0 Å². The van der Waals surface area contributed by atoms with E-state index in [0.717, 1.165) is 31.0 Å². The lowest BCUT2D eigenvalue weighted by Gasteiger charge is -2.14. The van der Waals surface area contributed by atoms with E-state index in [1.807, 2.05) is 7.05 Å². The van der Waals surface area contributed by atoms with Crippen molar-refractivity contribution in [2.45, 2.75) is 50.0 Å². The molecule has 110 valence electrons. The van der Waals surface area contributed by atoms with E-state index in [9.17, 15) is 0 Å². The van der Waals surface area contributed by atoms with Crippen molar-refractivity contribution in [1.82, 2.24) is 15.5 Å². The second-order valence-electron chi connectivity index (χ2n) is 6.21. The number of nitrogens with one attached hydrogen (secondary N) is 1. The largest absolute Gasteiger partial charge is 0.339 e. The third-order valence-corrected chi connectivity index (χ3v) is 5.11. The molecule has 0 amide bonds. The third-order valence-electron chi connectivity index (χ3n) is 5.11. The first-order valence-electron chi connectivity index (χ1n) is 7.95. The van der Waals surface area contributed by atoms with Crippen molar-refractivity contribution in [3.63, 3.8) is 0 Å². The van der Waals surface area contributed by atoms with Crippen LogP contribution >= 0.6 is 0 Å². The molecule has 4 heteroatoms. The molecule has 0 aliphatic heterocycles. The van der Waals surface area contributed by atoms with Gasteiger partial charge in [0, 0.05) is 12.0 Å². The first kappa shape index (κ1) is 13.0. The molecule has 3 unspecified atom stereocenters. The van der Waals surface area contributed by atoms with Gasteiger partial charge in [-0.1, -0.05) is 35.8 Å². The Morgan fingerprint density at radius 3 is 3.00 bits per heavy atom. The van der Waals surface area contributed by atoms with Gasteiger partial charge in [-0.05, 0) is 43.9 Å². The number of nitrogens with zero attached hydrogens (tertiary/aromatic N) is 2. The summed E-state index contributed by atoms with van der Waals surface area (Å²) >= 11 is 0. The Hall–Kier alpha value is -1.68. The van der Waals surface area contributed by atoms with E-state index in [0.29, 0.717) is 17.9 Å². The van der Waals surface area contributed by atoms with E-state index in [4.69, 9.17) is 9.51 Å². The van der Waals surface area contributed by atoms with E-state index in [1.54, 1.807) is 0 Å². The van der Waals surface area contributed by atoms with Crippen molar-refractivity contribution in [2.75, 3.05) is 7.05 Å². The van der Waals surface area contributed by atoms with E-state index >= 15 is 0 Å². The topological polar surface area (TPSA) is 51.0 Å². The number of aromatic nitrogens is 2. The Balaban J connectivity index is 1.61. The Kier molecular flexibility index (Phi) is 3.26. The van der Waals surface area contributed by atoms with Crippen LogP contribution in [0.3, 0.4) is 0 Å². The Morgan fingerprint density at radius 1 is 1.19 bits per heavy atom. The van der Waals surface area contributed by atoms with Crippen molar-refractivity contribution in [3.8, 4) is 0 Å². The molecule has 0 saturated heterocycles. The zero-order chi connectivity index (χ0) is 14.2. The second kappa shape index (κ2) is 5.26. The van der Waals surface area contributed by atoms with E-state index in [1.165, 1.54) is 24.0 Å². The Bertz CT molecular complexity index is 636. The summed E-state index contributed by atoms with van der Waals surface area (Å²) in [6.45, 7) is 0. The van der Waals surface area contributed by atoms with Gasteiger partial charge in [-0.25, -0.2) is 0 Å². The molecule has 1 fully saturated rings. The van der Waals surface area contributed by atoms with E-state index in [-0.39, 0.29) is 0 Å². The number of benzene rings is 1. The van der Waals surface area contributed by atoms with Gasteiger partial charge in [0.2, 0.25) is 5.89 Å². The van der Waals surface area contributed by atoms with Crippen LogP contribution in [0.5, 0.6) is 0 Å². The maximum absolute atomic E-state index is 5.61. The summed E-state index contributed by atoms with van der Waals surface area (Å²) in [7, 11) is 2.02. The van der Waals surface area contributed by atoms with Gasteiger partial charge in [0.1, 0.15) is 0 Å². The average molecular weight is 283 g/mol. The van der Waals surface area contributed by atoms with Crippen LogP contribution in [0.25, 0.3) is 0 Å². The smallest absolute Gasteiger partial charge is 0.231 e. The predicted molar refractivity (Wildman–Crippen MR) is 80.3 cm³/mol. The van der Waals surface area contributed by atoms with E-state index < -0.39 is 0 Å². The number of likely N-dealkylation sites (N-methyl/N-ethyl adjacent to an activating group) is 1. The summed E-state index contributed by atoms with van der Waals surface area (Å²) in [4.78, 5) is 4.75. The number of hydrogen-bond acceptors (Lipinski definition) is 4. The number of rotatable bonds is 3. The Labute approximate surface area is 124 Å². The van der Waals surface area contributed by atoms with Crippen molar-refractivity contribution >= 4 is 0 Å². The molecule has 1 aromatic heterocycles. The lowest BCUT2D eigenvalue weighted by Crippen LogP contribution is -2.27. The fourth-order valence-corrected chi connectivity index (χ4v) is 3.97. The molecular formula is C17H21N3O. The van der Waals surface area contributed by atoms with Crippen molar-refractivity contribution in [1.29, 1.82) is 0 Å². The van der Waals surface area contributed by atoms with Gasteiger partial charge in [0.25, 0.3) is 0 Å². The number of hydrogen-bond donors (Lipinski definition) is 1. The minimum absolute atomic E-state index is 0.313. The van der Waals surface area contributed by atoms with Gasteiger partial charge in [0.15, 0.2) is 5.82 Å². The first-order chi connectivity index (χ1) is 10.4. The molecule has 3 atom stereocenters. The van der Waals surface area contributed by atoms with Crippen molar-refractivity contribution in [3.05, 3.63) is 47.1 Å². The molecule has 4 rings (SSSR count). The van der Waals surface area contributed by atoms with Crippen LogP contribution in [0.1, 0.15) is 60.4 Å². The molecule has 0 spiro atoms. The summed E-state index contributed by atoms with van der Waals surface area (Å²) in [6.07, 6.45) is 5.80. The maximum atomic E-state index is 5.61. The van der Waals surface area contributed by atoms with Crippen molar-refractivity contribution in [2.24, 2.45) is 0 Å². The van der Waals surface area contributed by atoms with Crippen LogP contribution in [-0.2, 0) is 6.42 Å². The van der Waals surface area contributed by atoms with Crippen LogP contribution in [-0.4, -0.2) is 23.2 Å². The molecule has 1 saturated carbocycles. The molecule has 2 aromatic rings. The summed E-state index contributed by atoms with van der Waals surface area (Å²) in [5.74, 6) is 2.39. The molecule has 1 heterocycles. The average Bonchev–Trinajstić information content (AvgIpc) is 3.24. The highest BCUT2D eigenvalue weighted by Crippen LogP contribution is 2.38. The quantitative estimate of drug-likeness (QED) is 0.940. The van der Waals surface area contributed by atoms with Crippen LogP contribution in [0.15, 0.2) is 28.8 Å². The molecule has 1 N–H and O–H groups in total. The molecule has 2 aliphatic carbocycles. The summed E-state index contributed by atoms with van der Waals surface area (Å²) in [6, 6.07) is 9.11. The van der Waals surface area contributed by atoms with Gasteiger partial charge in [-0.15, -0.1) is 0 Å². The zero-order valence-corrected chi connectivity index (χ0v) is 12.4.